The highest BCUT2D eigenvalue weighted by atomic mass is 15.2. The predicted molar refractivity (Wildman–Crippen MR) is 55.9 cm³/mol. The van der Waals surface area contributed by atoms with Crippen molar-refractivity contribution in [3.05, 3.63) is 0 Å². The van der Waals surface area contributed by atoms with Gasteiger partial charge >= 0.3 is 0 Å². The highest BCUT2D eigenvalue weighted by molar-refractivity contribution is 5.67. The van der Waals surface area contributed by atoms with E-state index in [0.29, 0.717) is 0 Å². The fourth-order valence-electron chi connectivity index (χ4n) is 0.413. The molecule has 0 aliphatic rings. The van der Waals surface area contributed by atoms with E-state index in [2.05, 4.69) is 51.7 Å². The number of nitrogens with zero attached hydrogens (tertiary/aromatic N) is 2. The standard InChI is InChI=1S/C10H20N2/c1-9(2,3)7-11-12-8-10(4,5)6/h7-8H,1-6H3/b11-7-,12-8-. The van der Waals surface area contributed by atoms with Gasteiger partial charge in [0.1, 0.15) is 0 Å². The molecule has 70 valence electrons. The Labute approximate surface area is 75.8 Å². The van der Waals surface area contributed by atoms with E-state index in [1.54, 1.807) is 0 Å². The maximum Gasteiger partial charge on any atom is 0.0323 e. The van der Waals surface area contributed by atoms with Gasteiger partial charge in [0.25, 0.3) is 0 Å². The van der Waals surface area contributed by atoms with Gasteiger partial charge in [0, 0.05) is 12.4 Å². The second-order valence-corrected chi connectivity index (χ2v) is 5.22. The summed E-state index contributed by atoms with van der Waals surface area (Å²) in [6, 6.07) is 0. The summed E-state index contributed by atoms with van der Waals surface area (Å²) in [5.74, 6) is 0. The highest BCUT2D eigenvalue weighted by Crippen LogP contribution is 2.10. The van der Waals surface area contributed by atoms with Gasteiger partial charge in [-0.2, -0.15) is 10.2 Å². The topological polar surface area (TPSA) is 24.7 Å². The van der Waals surface area contributed by atoms with E-state index in [-0.39, 0.29) is 10.8 Å². The lowest BCUT2D eigenvalue weighted by atomic mass is 9.99. The summed E-state index contributed by atoms with van der Waals surface area (Å²) in [7, 11) is 0. The van der Waals surface area contributed by atoms with Crippen LogP contribution in [0.2, 0.25) is 0 Å². The average molecular weight is 168 g/mol. The fraction of sp³-hybridized carbons (Fsp3) is 0.800. The van der Waals surface area contributed by atoms with Crippen LogP contribution in [0, 0.1) is 10.8 Å². The van der Waals surface area contributed by atoms with Crippen LogP contribution in [0.5, 0.6) is 0 Å². The summed E-state index contributed by atoms with van der Waals surface area (Å²) in [5, 5.41) is 7.94. The van der Waals surface area contributed by atoms with Crippen molar-refractivity contribution in [3.8, 4) is 0 Å². The maximum atomic E-state index is 3.97. The van der Waals surface area contributed by atoms with E-state index in [0.717, 1.165) is 0 Å². The molecule has 0 saturated carbocycles. The van der Waals surface area contributed by atoms with E-state index in [1.807, 2.05) is 12.4 Å². The Morgan fingerprint density at radius 2 is 0.917 bits per heavy atom. The molecule has 0 spiro atoms. The molecule has 0 N–H and O–H groups in total. The summed E-state index contributed by atoms with van der Waals surface area (Å²) in [6.45, 7) is 12.6. The number of hydrogen-bond acceptors (Lipinski definition) is 2. The van der Waals surface area contributed by atoms with Gasteiger partial charge in [-0.3, -0.25) is 0 Å². The van der Waals surface area contributed by atoms with Gasteiger partial charge < -0.3 is 0 Å². The molecule has 12 heavy (non-hydrogen) atoms. The minimum atomic E-state index is 0.120. The molecule has 0 atom stereocenters. The zero-order valence-electron chi connectivity index (χ0n) is 9.05. The molecule has 0 heterocycles. The molecule has 0 aliphatic heterocycles. The van der Waals surface area contributed by atoms with Crippen molar-refractivity contribution in [1.29, 1.82) is 0 Å². The molecule has 0 aliphatic carbocycles. The molecule has 0 unspecified atom stereocenters. The molecule has 0 radical (unpaired) electrons. The summed E-state index contributed by atoms with van der Waals surface area (Å²) >= 11 is 0. The third-order valence-electron chi connectivity index (χ3n) is 0.957. The van der Waals surface area contributed by atoms with Crippen LogP contribution in [0.1, 0.15) is 41.5 Å². The molecular formula is C10H20N2. The monoisotopic (exact) mass is 168 g/mol. The quantitative estimate of drug-likeness (QED) is 0.424. The summed E-state index contributed by atoms with van der Waals surface area (Å²) < 4.78 is 0. The molecule has 0 rings (SSSR count). The molecule has 0 amide bonds. The normalized spacial score (nSPS) is 14.8. The molecule has 0 aromatic carbocycles. The van der Waals surface area contributed by atoms with E-state index in [9.17, 15) is 0 Å². The first kappa shape index (κ1) is 11.3. The first-order chi connectivity index (χ1) is 5.21. The number of rotatable bonds is 1. The highest BCUT2D eigenvalue weighted by Gasteiger charge is 2.06. The fourth-order valence-corrected chi connectivity index (χ4v) is 0.413. The summed E-state index contributed by atoms with van der Waals surface area (Å²) in [4.78, 5) is 0. The Bertz CT molecular complexity index is 155. The van der Waals surface area contributed by atoms with Gasteiger partial charge in [-0.15, -0.1) is 0 Å². The zero-order valence-corrected chi connectivity index (χ0v) is 9.05. The van der Waals surface area contributed by atoms with Gasteiger partial charge in [-0.25, -0.2) is 0 Å². The molecule has 0 saturated heterocycles. The van der Waals surface area contributed by atoms with Crippen molar-refractivity contribution in [2.24, 2.45) is 21.0 Å². The Hall–Kier alpha value is -0.660. The second-order valence-electron chi connectivity index (χ2n) is 5.22. The smallest absolute Gasteiger partial charge is 0.0323 e. The van der Waals surface area contributed by atoms with Crippen LogP contribution >= 0.6 is 0 Å². The Balaban J connectivity index is 4.00. The van der Waals surface area contributed by atoms with Crippen LogP contribution in [-0.2, 0) is 0 Å². The average Bonchev–Trinajstić information content (AvgIpc) is 1.76. The molecular weight excluding hydrogens is 148 g/mol. The minimum absolute atomic E-state index is 0.120. The van der Waals surface area contributed by atoms with Gasteiger partial charge in [0.15, 0.2) is 0 Å². The molecule has 0 aromatic heterocycles. The zero-order chi connectivity index (χ0) is 9.83. The lowest BCUT2D eigenvalue weighted by Gasteiger charge is -2.10. The van der Waals surface area contributed by atoms with Crippen LogP contribution in [0.4, 0.5) is 0 Å². The van der Waals surface area contributed by atoms with Crippen molar-refractivity contribution in [2.75, 3.05) is 0 Å². The number of hydrogen-bond donors (Lipinski definition) is 0. The van der Waals surface area contributed by atoms with Crippen molar-refractivity contribution in [1.82, 2.24) is 0 Å². The Kier molecular flexibility index (Phi) is 3.62. The third-order valence-corrected chi connectivity index (χ3v) is 0.957. The van der Waals surface area contributed by atoms with Crippen molar-refractivity contribution in [2.45, 2.75) is 41.5 Å². The molecule has 0 fully saturated rings. The largest absolute Gasteiger partial charge is 0.163 e. The van der Waals surface area contributed by atoms with Crippen molar-refractivity contribution >= 4 is 12.4 Å². The van der Waals surface area contributed by atoms with Crippen LogP contribution in [0.15, 0.2) is 10.2 Å². The third kappa shape index (κ3) is 9.34. The van der Waals surface area contributed by atoms with Crippen molar-refractivity contribution in [3.63, 3.8) is 0 Å². The lowest BCUT2D eigenvalue weighted by Crippen LogP contribution is -2.07. The van der Waals surface area contributed by atoms with E-state index in [1.165, 1.54) is 0 Å². The van der Waals surface area contributed by atoms with Crippen LogP contribution in [-0.4, -0.2) is 12.4 Å². The van der Waals surface area contributed by atoms with Gasteiger partial charge in [-0.1, -0.05) is 41.5 Å². The first-order valence-electron chi connectivity index (χ1n) is 4.29. The molecule has 0 bridgehead atoms. The van der Waals surface area contributed by atoms with Crippen molar-refractivity contribution < 1.29 is 0 Å². The van der Waals surface area contributed by atoms with E-state index < -0.39 is 0 Å². The van der Waals surface area contributed by atoms with Gasteiger partial charge in [-0.05, 0) is 10.8 Å². The van der Waals surface area contributed by atoms with Gasteiger partial charge in [0.05, 0.1) is 0 Å². The van der Waals surface area contributed by atoms with Crippen LogP contribution < -0.4 is 0 Å². The first-order valence-corrected chi connectivity index (χ1v) is 4.29. The second kappa shape index (κ2) is 3.83. The maximum absolute atomic E-state index is 3.97. The van der Waals surface area contributed by atoms with Crippen LogP contribution in [0.3, 0.4) is 0 Å². The predicted octanol–water partition coefficient (Wildman–Crippen LogP) is 3.14. The summed E-state index contributed by atoms with van der Waals surface area (Å²) in [5.41, 5.74) is 0.241. The minimum Gasteiger partial charge on any atom is -0.163 e. The molecule has 2 heteroatoms. The SMILES string of the molecule is CC(C)(C)/C=N\N=C/C(C)(C)C. The summed E-state index contributed by atoms with van der Waals surface area (Å²) in [6.07, 6.45) is 3.71. The molecule has 0 aromatic rings. The lowest BCUT2D eigenvalue weighted by molar-refractivity contribution is 0.598. The van der Waals surface area contributed by atoms with E-state index >= 15 is 0 Å². The van der Waals surface area contributed by atoms with Gasteiger partial charge in [0.2, 0.25) is 0 Å². The Morgan fingerprint density at radius 1 is 0.667 bits per heavy atom. The van der Waals surface area contributed by atoms with E-state index in [4.69, 9.17) is 0 Å². The molecule has 2 nitrogen and oxygen atoms in total. The Morgan fingerprint density at radius 3 is 1.08 bits per heavy atom. The van der Waals surface area contributed by atoms with Crippen LogP contribution in [0.25, 0.3) is 0 Å².